The molecule has 0 bridgehead atoms. The number of rotatable bonds is 4. The van der Waals surface area contributed by atoms with E-state index in [2.05, 4.69) is 15.4 Å². The highest BCUT2D eigenvalue weighted by Gasteiger charge is 2.45. The average Bonchev–Trinajstić information content (AvgIpc) is 3.01. The maximum absolute atomic E-state index is 12.9. The second-order valence-corrected chi connectivity index (χ2v) is 6.53. The molecule has 0 spiro atoms. The number of nitrogens with one attached hydrogen (secondary N) is 1. The van der Waals surface area contributed by atoms with E-state index in [1.54, 1.807) is 42.5 Å². The van der Waals surface area contributed by atoms with Crippen molar-refractivity contribution >= 4 is 23.6 Å². The summed E-state index contributed by atoms with van der Waals surface area (Å²) in [6, 6.07) is 12.3. The molecule has 1 fully saturated rings. The summed E-state index contributed by atoms with van der Waals surface area (Å²) in [5.41, 5.74) is 2.65. The predicted octanol–water partition coefficient (Wildman–Crippen LogP) is 2.51. The normalized spacial score (nSPS) is 15.3. The van der Waals surface area contributed by atoms with E-state index in [1.807, 2.05) is 0 Å². The number of aromatic nitrogens is 3. The van der Waals surface area contributed by atoms with Crippen LogP contribution in [0.3, 0.4) is 0 Å². The Bertz CT molecular complexity index is 1060. The van der Waals surface area contributed by atoms with E-state index in [9.17, 15) is 18.4 Å². The Morgan fingerprint density at radius 3 is 2.50 bits per heavy atom. The van der Waals surface area contributed by atoms with Crippen molar-refractivity contribution < 1.29 is 23.5 Å². The van der Waals surface area contributed by atoms with Gasteiger partial charge in [-0.1, -0.05) is 30.3 Å². The van der Waals surface area contributed by atoms with E-state index in [0.29, 0.717) is 16.9 Å². The number of likely N-dealkylation sites (tertiary alicyclic amines) is 1. The summed E-state index contributed by atoms with van der Waals surface area (Å²) in [4.78, 5) is 28.0. The van der Waals surface area contributed by atoms with Gasteiger partial charge >= 0.3 is 6.09 Å². The van der Waals surface area contributed by atoms with Gasteiger partial charge < -0.3 is 10.0 Å². The number of anilines is 1. The Balaban J connectivity index is 1.53. The largest absolute Gasteiger partial charge is 0.465 e. The van der Waals surface area contributed by atoms with E-state index in [-0.39, 0.29) is 18.3 Å². The maximum atomic E-state index is 12.9. The Kier molecular flexibility index (Phi) is 4.17. The number of carbonyl (C=O) groups is 2. The first kappa shape index (κ1) is 17.8. The van der Waals surface area contributed by atoms with Gasteiger partial charge in [0.1, 0.15) is 0 Å². The molecule has 4 rings (SSSR count). The van der Waals surface area contributed by atoms with Crippen LogP contribution >= 0.6 is 0 Å². The molecule has 2 aromatic heterocycles. The summed E-state index contributed by atoms with van der Waals surface area (Å²) in [7, 11) is 0. The van der Waals surface area contributed by atoms with Crippen molar-refractivity contribution in [1.29, 1.82) is 0 Å². The molecule has 144 valence electrons. The van der Waals surface area contributed by atoms with E-state index in [0.717, 1.165) is 10.5 Å². The minimum atomic E-state index is -2.77. The van der Waals surface area contributed by atoms with Crippen molar-refractivity contribution in [3.63, 3.8) is 0 Å². The minimum absolute atomic E-state index is 0.0338. The van der Waals surface area contributed by atoms with Crippen LogP contribution in [0.1, 0.15) is 5.56 Å². The Labute approximate surface area is 157 Å². The Hall–Kier alpha value is -3.56. The van der Waals surface area contributed by atoms with Crippen LogP contribution in [-0.2, 0) is 11.2 Å². The van der Waals surface area contributed by atoms with E-state index >= 15 is 0 Å². The number of pyridine rings is 1. The van der Waals surface area contributed by atoms with Crippen molar-refractivity contribution in [3.8, 4) is 11.3 Å². The van der Waals surface area contributed by atoms with Crippen LogP contribution < -0.4 is 5.32 Å². The van der Waals surface area contributed by atoms with Crippen LogP contribution in [0.5, 0.6) is 0 Å². The molecule has 0 aliphatic carbocycles. The van der Waals surface area contributed by atoms with Crippen LogP contribution in [0.15, 0.2) is 42.5 Å². The van der Waals surface area contributed by atoms with Crippen LogP contribution in [0, 0.1) is 0 Å². The highest BCUT2D eigenvalue weighted by Crippen LogP contribution is 2.27. The Morgan fingerprint density at radius 2 is 1.86 bits per heavy atom. The molecule has 10 heteroatoms. The van der Waals surface area contributed by atoms with Gasteiger partial charge in [0.15, 0.2) is 5.65 Å². The summed E-state index contributed by atoms with van der Waals surface area (Å²) >= 11 is 0. The minimum Gasteiger partial charge on any atom is -0.465 e. The van der Waals surface area contributed by atoms with E-state index < -0.39 is 25.1 Å². The molecule has 28 heavy (non-hydrogen) atoms. The molecule has 2 amide bonds. The number of nitrogens with zero attached hydrogens (tertiary/aromatic N) is 4. The van der Waals surface area contributed by atoms with Crippen LogP contribution in [0.25, 0.3) is 16.9 Å². The van der Waals surface area contributed by atoms with Crippen LogP contribution in [0.4, 0.5) is 19.5 Å². The summed E-state index contributed by atoms with van der Waals surface area (Å²) in [5, 5.41) is 15.0. The van der Waals surface area contributed by atoms with Gasteiger partial charge in [-0.3, -0.25) is 10.1 Å². The lowest BCUT2D eigenvalue weighted by Crippen LogP contribution is -2.58. The maximum Gasteiger partial charge on any atom is 0.411 e. The molecule has 8 nitrogen and oxygen atoms in total. The molecular weight excluding hydrogens is 372 g/mol. The van der Waals surface area contributed by atoms with Gasteiger partial charge in [0.25, 0.3) is 11.9 Å². The molecule has 0 radical (unpaired) electrons. The van der Waals surface area contributed by atoms with Gasteiger partial charge in [-0.05, 0) is 17.7 Å². The summed E-state index contributed by atoms with van der Waals surface area (Å²) in [5.74, 6) is -3.14. The molecule has 0 atom stereocenters. The fourth-order valence-corrected chi connectivity index (χ4v) is 3.04. The molecule has 2 N–H and O–H groups in total. The summed E-state index contributed by atoms with van der Waals surface area (Å²) in [6.45, 7) is -1.05. The first-order chi connectivity index (χ1) is 13.3. The smallest absolute Gasteiger partial charge is 0.411 e. The SMILES string of the molecule is O=C(O)Nc1nc2cccc(-c3ccc(CC(=O)N4CC(F)(F)C4)cc3)n2n1. The number of benzene rings is 1. The zero-order valence-electron chi connectivity index (χ0n) is 14.5. The quantitative estimate of drug-likeness (QED) is 0.717. The summed E-state index contributed by atoms with van der Waals surface area (Å²) < 4.78 is 27.3. The molecule has 3 aromatic rings. The van der Waals surface area contributed by atoms with Crippen molar-refractivity contribution in [2.24, 2.45) is 0 Å². The molecular formula is C18H15F2N5O3. The third-order valence-electron chi connectivity index (χ3n) is 4.38. The lowest BCUT2D eigenvalue weighted by Gasteiger charge is -2.38. The zero-order valence-corrected chi connectivity index (χ0v) is 14.5. The van der Waals surface area contributed by atoms with Gasteiger partial charge in [-0.2, -0.15) is 4.98 Å². The molecule has 1 aliphatic rings. The molecule has 1 aromatic carbocycles. The number of fused-ring (bicyclic) bond motifs is 1. The van der Waals surface area contributed by atoms with Crippen LogP contribution in [-0.4, -0.2) is 55.6 Å². The van der Waals surface area contributed by atoms with Crippen molar-refractivity contribution in [2.45, 2.75) is 12.3 Å². The van der Waals surface area contributed by atoms with Gasteiger partial charge in [0, 0.05) is 5.56 Å². The number of hydrogen-bond donors (Lipinski definition) is 2. The first-order valence-corrected chi connectivity index (χ1v) is 8.41. The topological polar surface area (TPSA) is 99.8 Å². The highest BCUT2D eigenvalue weighted by molar-refractivity contribution is 5.81. The number of alkyl halides is 2. The third kappa shape index (κ3) is 3.48. The number of carboxylic acid groups (broad SMARTS) is 1. The van der Waals surface area contributed by atoms with Gasteiger partial charge in [0.2, 0.25) is 5.91 Å². The summed E-state index contributed by atoms with van der Waals surface area (Å²) in [6.07, 6.45) is -1.21. The van der Waals surface area contributed by atoms with Crippen LogP contribution in [0.2, 0.25) is 0 Å². The van der Waals surface area contributed by atoms with Crippen molar-refractivity contribution in [3.05, 3.63) is 48.0 Å². The average molecular weight is 387 g/mol. The number of hydrogen-bond acceptors (Lipinski definition) is 4. The molecule has 3 heterocycles. The number of carbonyl (C=O) groups excluding carboxylic acids is 1. The predicted molar refractivity (Wildman–Crippen MR) is 95.3 cm³/mol. The van der Waals surface area contributed by atoms with Gasteiger partial charge in [-0.25, -0.2) is 18.1 Å². The van der Waals surface area contributed by atoms with Crippen molar-refractivity contribution in [2.75, 3.05) is 18.4 Å². The van der Waals surface area contributed by atoms with Gasteiger partial charge in [0.05, 0.1) is 25.2 Å². The zero-order chi connectivity index (χ0) is 19.9. The number of halogens is 2. The molecule has 1 aliphatic heterocycles. The highest BCUT2D eigenvalue weighted by atomic mass is 19.3. The number of amides is 2. The fraction of sp³-hybridized carbons (Fsp3) is 0.222. The lowest BCUT2D eigenvalue weighted by molar-refractivity contribution is -0.165. The monoisotopic (exact) mass is 387 g/mol. The lowest BCUT2D eigenvalue weighted by atomic mass is 10.0. The molecule has 1 saturated heterocycles. The van der Waals surface area contributed by atoms with E-state index in [1.165, 1.54) is 4.52 Å². The van der Waals surface area contributed by atoms with Gasteiger partial charge in [-0.15, -0.1) is 5.10 Å². The standard InChI is InChI=1S/C18H15F2N5O3/c19-18(20)9-24(10-18)15(26)8-11-4-6-12(7-5-11)13-2-1-3-14-21-16(22-17(27)28)23-25(13)14/h1-7H,8-10H2,(H,22,23)(H,27,28). The van der Waals surface area contributed by atoms with E-state index in [4.69, 9.17) is 5.11 Å². The second kappa shape index (κ2) is 6.55. The van der Waals surface area contributed by atoms with Crippen molar-refractivity contribution in [1.82, 2.24) is 19.5 Å². The fourth-order valence-electron chi connectivity index (χ4n) is 3.04. The third-order valence-corrected chi connectivity index (χ3v) is 4.38. The Morgan fingerprint density at radius 1 is 1.14 bits per heavy atom. The molecule has 0 unspecified atom stereocenters. The first-order valence-electron chi connectivity index (χ1n) is 8.41. The second-order valence-electron chi connectivity index (χ2n) is 6.53. The molecule has 0 saturated carbocycles.